The zero-order valence-electron chi connectivity index (χ0n) is 18.3. The molecule has 1 fully saturated rings. The van der Waals surface area contributed by atoms with Gasteiger partial charge < -0.3 is 10.6 Å². The Balaban J connectivity index is 1.16. The van der Waals surface area contributed by atoms with Crippen LogP contribution in [-0.4, -0.2) is 47.8 Å². The highest BCUT2D eigenvalue weighted by Crippen LogP contribution is 2.29. The second-order valence-corrected chi connectivity index (χ2v) is 8.66. The number of unbranched alkanes of at least 4 members (excludes halogenated alkanes) is 1. The lowest BCUT2D eigenvalue weighted by Crippen LogP contribution is -2.55. The van der Waals surface area contributed by atoms with Crippen LogP contribution in [-0.2, 0) is 22.4 Å². The van der Waals surface area contributed by atoms with Gasteiger partial charge in [-0.25, -0.2) is 4.98 Å². The van der Waals surface area contributed by atoms with E-state index in [4.69, 9.17) is 4.98 Å². The van der Waals surface area contributed by atoms with Crippen LogP contribution in [0.2, 0.25) is 0 Å². The Morgan fingerprint density at radius 3 is 2.74 bits per heavy atom. The number of Topliss-reactive ketones (excluding diaryl/α,β-unsaturated/α-hetero) is 1. The van der Waals surface area contributed by atoms with Crippen molar-refractivity contribution in [1.82, 2.24) is 15.2 Å². The molecular formula is C25H32N4O2. The largest absolute Gasteiger partial charge is 0.370 e. The van der Waals surface area contributed by atoms with Crippen LogP contribution in [0.4, 0.5) is 5.82 Å². The van der Waals surface area contributed by atoms with Gasteiger partial charge in [-0.05, 0) is 56.2 Å². The first-order chi connectivity index (χ1) is 15.1. The summed E-state index contributed by atoms with van der Waals surface area (Å²) in [6.45, 7) is 4.59. The third-order valence-electron chi connectivity index (χ3n) is 6.26. The summed E-state index contributed by atoms with van der Waals surface area (Å²) in [6.07, 6.45) is 5.16. The van der Waals surface area contributed by atoms with E-state index in [1.807, 2.05) is 30.3 Å². The Kier molecular flexibility index (Phi) is 6.97. The summed E-state index contributed by atoms with van der Waals surface area (Å²) in [7, 11) is 0. The monoisotopic (exact) mass is 420 g/mol. The van der Waals surface area contributed by atoms with Gasteiger partial charge in [0.05, 0.1) is 12.0 Å². The van der Waals surface area contributed by atoms with Crippen LogP contribution >= 0.6 is 0 Å². The number of hydrogen-bond donors (Lipinski definition) is 2. The number of likely N-dealkylation sites (tertiary alicyclic amines) is 1. The molecule has 1 atom stereocenters. The van der Waals surface area contributed by atoms with Crippen LogP contribution in [0, 0.1) is 5.92 Å². The minimum Gasteiger partial charge on any atom is -0.370 e. The molecule has 1 saturated heterocycles. The predicted molar refractivity (Wildman–Crippen MR) is 122 cm³/mol. The Labute approximate surface area is 184 Å². The molecule has 0 radical (unpaired) electrons. The fourth-order valence-electron chi connectivity index (χ4n) is 4.52. The van der Waals surface area contributed by atoms with Gasteiger partial charge in [0.15, 0.2) is 5.78 Å². The highest BCUT2D eigenvalue weighted by atomic mass is 16.2. The van der Waals surface area contributed by atoms with Crippen LogP contribution < -0.4 is 10.6 Å². The van der Waals surface area contributed by atoms with Crippen molar-refractivity contribution in [2.24, 2.45) is 5.92 Å². The van der Waals surface area contributed by atoms with Gasteiger partial charge in [-0.15, -0.1) is 0 Å². The Bertz CT molecular complexity index is 909. The summed E-state index contributed by atoms with van der Waals surface area (Å²) in [6, 6.07) is 13.9. The number of nitrogens with one attached hydrogen (secondary N) is 2. The van der Waals surface area contributed by atoms with Crippen molar-refractivity contribution in [3.8, 4) is 0 Å². The van der Waals surface area contributed by atoms with E-state index in [1.54, 1.807) is 6.92 Å². The molecule has 0 spiro atoms. The van der Waals surface area contributed by atoms with Gasteiger partial charge in [0.2, 0.25) is 5.91 Å². The summed E-state index contributed by atoms with van der Waals surface area (Å²) in [5.41, 5.74) is 3.43. The van der Waals surface area contributed by atoms with Crippen molar-refractivity contribution in [2.45, 2.75) is 45.1 Å². The second-order valence-electron chi connectivity index (χ2n) is 8.66. The SMILES string of the molecule is CC(=O)[C@@H](c1ccccc1)N1CC(C(=O)NCCCCc2ccc3c(n2)NCCC3)C1. The zero-order chi connectivity index (χ0) is 21.6. The van der Waals surface area contributed by atoms with Crippen LogP contribution in [0.15, 0.2) is 42.5 Å². The Morgan fingerprint density at radius 1 is 1.16 bits per heavy atom. The molecule has 1 aromatic heterocycles. The number of ketones is 1. The molecule has 2 aromatic rings. The topological polar surface area (TPSA) is 74.3 Å². The minimum absolute atomic E-state index is 0.0288. The molecule has 6 nitrogen and oxygen atoms in total. The van der Waals surface area contributed by atoms with Gasteiger partial charge in [0.1, 0.15) is 5.82 Å². The van der Waals surface area contributed by atoms with E-state index in [1.165, 1.54) is 12.0 Å². The fraction of sp³-hybridized carbons (Fsp3) is 0.480. The number of benzene rings is 1. The maximum Gasteiger partial charge on any atom is 0.225 e. The molecule has 3 heterocycles. The molecule has 2 N–H and O–H groups in total. The number of amides is 1. The van der Waals surface area contributed by atoms with Crippen molar-refractivity contribution in [1.29, 1.82) is 0 Å². The molecule has 0 bridgehead atoms. The number of aryl methyl sites for hydroxylation is 2. The van der Waals surface area contributed by atoms with Crippen LogP contribution in [0.5, 0.6) is 0 Å². The summed E-state index contributed by atoms with van der Waals surface area (Å²) in [4.78, 5) is 31.4. The number of rotatable bonds is 9. The van der Waals surface area contributed by atoms with Gasteiger partial charge in [0.25, 0.3) is 0 Å². The second kappa shape index (κ2) is 10.1. The predicted octanol–water partition coefficient (Wildman–Crippen LogP) is 3.14. The van der Waals surface area contributed by atoms with Crippen LogP contribution in [0.3, 0.4) is 0 Å². The van der Waals surface area contributed by atoms with Crippen LogP contribution in [0.25, 0.3) is 0 Å². The van der Waals surface area contributed by atoms with E-state index in [0.29, 0.717) is 19.6 Å². The van der Waals surface area contributed by atoms with Crippen molar-refractivity contribution >= 4 is 17.5 Å². The quantitative estimate of drug-likeness (QED) is 0.610. The highest BCUT2D eigenvalue weighted by molar-refractivity contribution is 5.84. The molecule has 1 aromatic carbocycles. The molecule has 31 heavy (non-hydrogen) atoms. The van der Waals surface area contributed by atoms with Crippen molar-refractivity contribution in [3.05, 3.63) is 59.3 Å². The Morgan fingerprint density at radius 2 is 1.97 bits per heavy atom. The maximum absolute atomic E-state index is 12.5. The zero-order valence-corrected chi connectivity index (χ0v) is 18.3. The lowest BCUT2D eigenvalue weighted by Gasteiger charge is -2.42. The molecule has 2 aliphatic heterocycles. The molecule has 0 aliphatic carbocycles. The molecule has 0 unspecified atom stereocenters. The number of carbonyl (C=O) groups excluding carboxylic acids is 2. The number of aromatic nitrogens is 1. The first-order valence-corrected chi connectivity index (χ1v) is 11.4. The van der Waals surface area contributed by atoms with E-state index in [0.717, 1.165) is 49.3 Å². The van der Waals surface area contributed by atoms with Gasteiger partial charge in [-0.2, -0.15) is 0 Å². The van der Waals surface area contributed by atoms with Crippen molar-refractivity contribution in [2.75, 3.05) is 31.5 Å². The first kappa shape index (κ1) is 21.5. The third kappa shape index (κ3) is 5.31. The number of hydrogen-bond acceptors (Lipinski definition) is 5. The lowest BCUT2D eigenvalue weighted by molar-refractivity contribution is -0.136. The molecule has 2 aliphatic rings. The number of anilines is 1. The molecule has 164 valence electrons. The number of nitrogens with zero attached hydrogens (tertiary/aromatic N) is 2. The molecule has 4 rings (SSSR count). The average molecular weight is 421 g/mol. The first-order valence-electron chi connectivity index (χ1n) is 11.4. The van der Waals surface area contributed by atoms with Gasteiger partial charge in [-0.1, -0.05) is 36.4 Å². The summed E-state index contributed by atoms with van der Waals surface area (Å²) in [5, 5.41) is 6.45. The maximum atomic E-state index is 12.5. The number of carbonyl (C=O) groups is 2. The standard InChI is InChI=1S/C25H32N4O2/c1-18(30)23(19-8-3-2-4-9-19)29-16-21(17-29)25(31)27-14-6-5-11-22-13-12-20-10-7-15-26-24(20)28-22/h2-4,8-9,12-13,21,23H,5-7,10-11,14-17H2,1H3,(H,26,28)(H,27,31)/t23-/m0/s1. The van der Waals surface area contributed by atoms with Crippen molar-refractivity contribution < 1.29 is 9.59 Å². The summed E-state index contributed by atoms with van der Waals surface area (Å²) in [5.74, 6) is 1.24. The van der Waals surface area contributed by atoms with E-state index < -0.39 is 0 Å². The van der Waals surface area contributed by atoms with E-state index in [-0.39, 0.29) is 23.7 Å². The third-order valence-corrected chi connectivity index (χ3v) is 6.26. The van der Waals surface area contributed by atoms with E-state index in [2.05, 4.69) is 27.7 Å². The lowest BCUT2D eigenvalue weighted by atomic mass is 9.92. The van der Waals surface area contributed by atoms with Crippen molar-refractivity contribution in [3.63, 3.8) is 0 Å². The molecule has 1 amide bonds. The van der Waals surface area contributed by atoms with Crippen LogP contribution in [0.1, 0.15) is 49.0 Å². The normalized spacial score (nSPS) is 17.2. The number of fused-ring (bicyclic) bond motifs is 1. The average Bonchev–Trinajstić information content (AvgIpc) is 2.75. The fourth-order valence-corrected chi connectivity index (χ4v) is 4.52. The van der Waals surface area contributed by atoms with E-state index in [9.17, 15) is 9.59 Å². The Hall–Kier alpha value is -2.73. The number of pyridine rings is 1. The molecule has 0 saturated carbocycles. The summed E-state index contributed by atoms with van der Waals surface area (Å²) < 4.78 is 0. The smallest absolute Gasteiger partial charge is 0.225 e. The minimum atomic E-state index is -0.246. The van der Waals surface area contributed by atoms with Gasteiger partial charge in [-0.3, -0.25) is 14.5 Å². The van der Waals surface area contributed by atoms with Gasteiger partial charge >= 0.3 is 0 Å². The van der Waals surface area contributed by atoms with E-state index >= 15 is 0 Å². The molecular weight excluding hydrogens is 388 g/mol. The summed E-state index contributed by atoms with van der Waals surface area (Å²) >= 11 is 0. The highest BCUT2D eigenvalue weighted by Gasteiger charge is 2.38. The van der Waals surface area contributed by atoms with Gasteiger partial charge in [0, 0.05) is 31.9 Å². The molecule has 6 heteroatoms.